The molecule has 76 valence electrons. The van der Waals surface area contributed by atoms with Gasteiger partial charge in [-0.05, 0) is 12.8 Å². The van der Waals surface area contributed by atoms with Crippen LogP contribution in [0.5, 0.6) is 0 Å². The Morgan fingerprint density at radius 2 is 2.21 bits per heavy atom. The summed E-state index contributed by atoms with van der Waals surface area (Å²) in [6, 6.07) is 0. The zero-order valence-electron chi connectivity index (χ0n) is 8.12. The second-order valence-corrected chi connectivity index (χ2v) is 3.89. The van der Waals surface area contributed by atoms with Crippen LogP contribution in [0.25, 0.3) is 0 Å². The summed E-state index contributed by atoms with van der Waals surface area (Å²) in [5, 5.41) is 9.02. The molecule has 1 unspecified atom stereocenters. The first-order chi connectivity index (χ1) is 6.61. The molecule has 0 fully saturated rings. The Kier molecular flexibility index (Phi) is 2.06. The molecule has 0 aromatic heterocycles. The van der Waals surface area contributed by atoms with Crippen LogP contribution in [0.4, 0.5) is 0 Å². The summed E-state index contributed by atoms with van der Waals surface area (Å²) in [6.45, 7) is 0.778. The average Bonchev–Trinajstić information content (AvgIpc) is 2.50. The van der Waals surface area contributed by atoms with Crippen LogP contribution < -0.4 is 0 Å². The third-order valence-corrected chi connectivity index (χ3v) is 3.04. The summed E-state index contributed by atoms with van der Waals surface area (Å²) >= 11 is 0. The minimum absolute atomic E-state index is 0.141. The van der Waals surface area contributed by atoms with Gasteiger partial charge in [-0.1, -0.05) is 0 Å². The van der Waals surface area contributed by atoms with Gasteiger partial charge >= 0.3 is 5.97 Å². The maximum absolute atomic E-state index is 11.5. The summed E-state index contributed by atoms with van der Waals surface area (Å²) in [5.74, 6) is -1.13. The highest BCUT2D eigenvalue weighted by Crippen LogP contribution is 2.35. The molecule has 0 saturated carbocycles. The van der Waals surface area contributed by atoms with Crippen molar-refractivity contribution in [2.24, 2.45) is 5.92 Å². The number of rotatable bonds is 1. The zero-order valence-corrected chi connectivity index (χ0v) is 8.12. The molecule has 0 bridgehead atoms. The van der Waals surface area contributed by atoms with Crippen LogP contribution in [0, 0.1) is 5.92 Å². The zero-order chi connectivity index (χ0) is 10.3. The fourth-order valence-corrected chi connectivity index (χ4v) is 2.32. The number of carboxylic acids is 1. The third-order valence-electron chi connectivity index (χ3n) is 3.04. The lowest BCUT2D eigenvalue weighted by Gasteiger charge is -2.25. The van der Waals surface area contributed by atoms with E-state index >= 15 is 0 Å². The molecule has 0 amide bonds. The van der Waals surface area contributed by atoms with Crippen LogP contribution >= 0.6 is 0 Å². The van der Waals surface area contributed by atoms with E-state index in [1.165, 1.54) is 0 Å². The fourth-order valence-electron chi connectivity index (χ4n) is 2.32. The van der Waals surface area contributed by atoms with Crippen LogP contribution in [0.1, 0.15) is 19.3 Å². The molecule has 0 aromatic rings. The normalized spacial score (nSPS) is 26.8. The summed E-state index contributed by atoms with van der Waals surface area (Å²) in [6.07, 6.45) is 1.56. The number of aliphatic carboxylic acids is 1. The second kappa shape index (κ2) is 3.12. The molecule has 0 aromatic carbocycles. The van der Waals surface area contributed by atoms with Crippen molar-refractivity contribution in [2.45, 2.75) is 19.3 Å². The average molecular weight is 195 g/mol. The third kappa shape index (κ3) is 1.22. The largest absolute Gasteiger partial charge is 0.481 e. The van der Waals surface area contributed by atoms with Gasteiger partial charge in [0.1, 0.15) is 0 Å². The molecule has 14 heavy (non-hydrogen) atoms. The van der Waals surface area contributed by atoms with Gasteiger partial charge in [-0.15, -0.1) is 0 Å². The van der Waals surface area contributed by atoms with Crippen LogP contribution in [0.15, 0.2) is 11.3 Å². The molecule has 1 heterocycles. The second-order valence-electron chi connectivity index (χ2n) is 3.89. The molecule has 0 saturated heterocycles. The van der Waals surface area contributed by atoms with Gasteiger partial charge in [0, 0.05) is 31.3 Å². The van der Waals surface area contributed by atoms with E-state index in [4.69, 9.17) is 5.11 Å². The van der Waals surface area contributed by atoms with Crippen molar-refractivity contribution >= 4 is 11.8 Å². The minimum Gasteiger partial charge on any atom is -0.481 e. The quantitative estimate of drug-likeness (QED) is 0.667. The molecule has 2 aliphatic rings. The van der Waals surface area contributed by atoms with Crippen molar-refractivity contribution in [1.29, 1.82) is 0 Å². The Morgan fingerprint density at radius 1 is 1.50 bits per heavy atom. The van der Waals surface area contributed by atoms with E-state index in [2.05, 4.69) is 0 Å². The van der Waals surface area contributed by atoms with E-state index in [0.717, 1.165) is 17.8 Å². The first-order valence-corrected chi connectivity index (χ1v) is 4.81. The number of carboxylic acid groups (broad SMARTS) is 1. The Balaban J connectivity index is 2.40. The smallest absolute Gasteiger partial charge is 0.312 e. The van der Waals surface area contributed by atoms with Crippen LogP contribution in [-0.2, 0) is 9.59 Å². The van der Waals surface area contributed by atoms with Crippen LogP contribution in [-0.4, -0.2) is 35.4 Å². The molecule has 1 aliphatic heterocycles. The summed E-state index contributed by atoms with van der Waals surface area (Å²) < 4.78 is 0. The van der Waals surface area contributed by atoms with E-state index in [-0.39, 0.29) is 5.78 Å². The molecule has 2 rings (SSSR count). The van der Waals surface area contributed by atoms with Gasteiger partial charge in [-0.25, -0.2) is 0 Å². The van der Waals surface area contributed by atoms with Crippen LogP contribution in [0.2, 0.25) is 0 Å². The highest BCUT2D eigenvalue weighted by molar-refractivity contribution is 5.99. The number of ketones is 1. The Hall–Kier alpha value is -1.32. The lowest BCUT2D eigenvalue weighted by molar-refractivity contribution is -0.141. The monoisotopic (exact) mass is 195 g/mol. The molecule has 1 atom stereocenters. The Bertz CT molecular complexity index is 332. The van der Waals surface area contributed by atoms with Crippen molar-refractivity contribution in [1.82, 2.24) is 4.90 Å². The lowest BCUT2D eigenvalue weighted by atomic mass is 9.86. The fraction of sp³-hybridized carbons (Fsp3) is 0.600. The number of hydrogen-bond donors (Lipinski definition) is 1. The van der Waals surface area contributed by atoms with Crippen molar-refractivity contribution < 1.29 is 14.7 Å². The van der Waals surface area contributed by atoms with Gasteiger partial charge in [0.05, 0.1) is 5.92 Å². The van der Waals surface area contributed by atoms with Gasteiger partial charge in [-0.2, -0.15) is 0 Å². The van der Waals surface area contributed by atoms with E-state index < -0.39 is 11.9 Å². The predicted octanol–water partition coefficient (Wildman–Crippen LogP) is 0.640. The highest BCUT2D eigenvalue weighted by Gasteiger charge is 2.37. The van der Waals surface area contributed by atoms with Crippen molar-refractivity contribution in [2.75, 3.05) is 13.6 Å². The van der Waals surface area contributed by atoms with Gasteiger partial charge in [0.2, 0.25) is 0 Å². The van der Waals surface area contributed by atoms with Gasteiger partial charge in [0.15, 0.2) is 5.78 Å². The first kappa shape index (κ1) is 9.24. The molecular formula is C10H13NO3. The van der Waals surface area contributed by atoms with Gasteiger partial charge in [0.25, 0.3) is 0 Å². The van der Waals surface area contributed by atoms with E-state index in [1.54, 1.807) is 0 Å². The molecular weight excluding hydrogens is 182 g/mol. The molecule has 4 nitrogen and oxygen atoms in total. The topological polar surface area (TPSA) is 57.6 Å². The SMILES string of the molecule is CN1CCC2=C1C(C(=O)O)CCC2=O. The molecule has 0 radical (unpaired) electrons. The predicted molar refractivity (Wildman–Crippen MR) is 49.6 cm³/mol. The Labute approximate surface area is 82.2 Å². The number of hydrogen-bond acceptors (Lipinski definition) is 3. The number of Topliss-reactive ketones (excluding diaryl/α,β-unsaturated/α-hetero) is 1. The maximum Gasteiger partial charge on any atom is 0.312 e. The van der Waals surface area contributed by atoms with E-state index in [9.17, 15) is 9.59 Å². The summed E-state index contributed by atoms with van der Waals surface area (Å²) in [5.41, 5.74) is 1.51. The van der Waals surface area contributed by atoms with Crippen molar-refractivity contribution in [3.63, 3.8) is 0 Å². The number of carbonyl (C=O) groups excluding carboxylic acids is 1. The lowest BCUT2D eigenvalue weighted by Crippen LogP contribution is -2.29. The van der Waals surface area contributed by atoms with Gasteiger partial charge < -0.3 is 10.0 Å². The highest BCUT2D eigenvalue weighted by atomic mass is 16.4. The molecule has 1 aliphatic carbocycles. The molecule has 0 spiro atoms. The first-order valence-electron chi connectivity index (χ1n) is 4.81. The van der Waals surface area contributed by atoms with Gasteiger partial charge in [-0.3, -0.25) is 9.59 Å². The minimum atomic E-state index is -0.807. The van der Waals surface area contributed by atoms with E-state index in [1.807, 2.05) is 11.9 Å². The molecule has 4 heteroatoms. The number of carbonyl (C=O) groups is 2. The molecule has 1 N–H and O–H groups in total. The summed E-state index contributed by atoms with van der Waals surface area (Å²) in [7, 11) is 1.86. The van der Waals surface area contributed by atoms with E-state index in [0.29, 0.717) is 19.3 Å². The summed E-state index contributed by atoms with van der Waals surface area (Å²) in [4.78, 5) is 24.4. The van der Waals surface area contributed by atoms with Crippen LogP contribution in [0.3, 0.4) is 0 Å². The number of nitrogens with zero attached hydrogens (tertiary/aromatic N) is 1. The maximum atomic E-state index is 11.5. The van der Waals surface area contributed by atoms with Crippen molar-refractivity contribution in [3.05, 3.63) is 11.3 Å². The standard InChI is InChI=1S/C10H13NO3/c1-11-5-4-6-8(12)3-2-7(9(6)11)10(13)14/h7H,2-5H2,1H3,(H,13,14). The van der Waals surface area contributed by atoms with Crippen molar-refractivity contribution in [3.8, 4) is 0 Å². The Morgan fingerprint density at radius 3 is 2.86 bits per heavy atom.